The molecule has 0 radical (unpaired) electrons. The second-order valence-electron chi connectivity index (χ2n) is 4.85. The van der Waals surface area contributed by atoms with E-state index >= 15 is 0 Å². The molecule has 0 saturated heterocycles. The highest BCUT2D eigenvalue weighted by Gasteiger charge is 2.04. The van der Waals surface area contributed by atoms with Gasteiger partial charge in [-0.15, -0.1) is 24.8 Å². The van der Waals surface area contributed by atoms with Crippen molar-refractivity contribution in [3.63, 3.8) is 0 Å². The molecule has 0 saturated carbocycles. The quantitative estimate of drug-likeness (QED) is 0.840. The molecule has 1 amide bonds. The highest BCUT2D eigenvalue weighted by molar-refractivity contribution is 5.90. The van der Waals surface area contributed by atoms with Crippen LogP contribution in [-0.4, -0.2) is 26.7 Å². The molecular weight excluding hydrogens is 325 g/mol. The topological polar surface area (TPSA) is 85.8 Å². The van der Waals surface area contributed by atoms with E-state index in [1.54, 1.807) is 11.0 Å². The monoisotopic (exact) mass is 345 g/mol. The Morgan fingerprint density at radius 2 is 2.00 bits per heavy atom. The molecule has 0 aliphatic rings. The van der Waals surface area contributed by atoms with Crippen molar-refractivity contribution >= 4 is 36.4 Å². The zero-order valence-electron chi connectivity index (χ0n) is 12.3. The van der Waals surface area contributed by atoms with E-state index in [0.717, 1.165) is 11.3 Å². The Morgan fingerprint density at radius 3 is 2.55 bits per heavy atom. The molecule has 1 aromatic carbocycles. The maximum atomic E-state index is 11.7. The smallest absolute Gasteiger partial charge is 0.224 e. The van der Waals surface area contributed by atoms with Crippen molar-refractivity contribution in [3.8, 4) is 0 Å². The number of nitrogens with two attached hydrogens (primary N) is 1. The van der Waals surface area contributed by atoms with Crippen molar-refractivity contribution in [2.45, 2.75) is 32.4 Å². The average Bonchev–Trinajstić information content (AvgIpc) is 2.92. The van der Waals surface area contributed by atoms with Crippen LogP contribution in [0, 0.1) is 0 Å². The van der Waals surface area contributed by atoms with E-state index in [9.17, 15) is 4.79 Å². The van der Waals surface area contributed by atoms with Crippen molar-refractivity contribution < 1.29 is 4.79 Å². The van der Waals surface area contributed by atoms with Gasteiger partial charge in [0.1, 0.15) is 12.7 Å². The number of anilines is 1. The molecule has 1 aromatic heterocycles. The number of carbonyl (C=O) groups is 1. The molecule has 0 bridgehead atoms. The van der Waals surface area contributed by atoms with E-state index in [4.69, 9.17) is 5.73 Å². The van der Waals surface area contributed by atoms with Gasteiger partial charge in [-0.05, 0) is 31.0 Å². The Hall–Kier alpha value is -1.63. The zero-order chi connectivity index (χ0) is 14.4. The summed E-state index contributed by atoms with van der Waals surface area (Å²) in [5.74, 6) is -0.00803. The van der Waals surface area contributed by atoms with Crippen molar-refractivity contribution in [2.24, 2.45) is 5.73 Å². The molecule has 1 unspecified atom stereocenters. The molecule has 0 aliphatic heterocycles. The van der Waals surface area contributed by atoms with E-state index in [0.29, 0.717) is 19.4 Å². The number of hydrogen-bond donors (Lipinski definition) is 2. The van der Waals surface area contributed by atoms with E-state index in [1.807, 2.05) is 31.2 Å². The molecule has 122 valence electrons. The first kappa shape index (κ1) is 20.4. The summed E-state index contributed by atoms with van der Waals surface area (Å²) in [7, 11) is 0. The van der Waals surface area contributed by atoms with Crippen LogP contribution in [0.4, 0.5) is 5.69 Å². The lowest BCUT2D eigenvalue weighted by molar-refractivity contribution is -0.116. The number of carbonyl (C=O) groups excluding carboxylic acids is 1. The molecule has 6 nitrogen and oxygen atoms in total. The standard InChI is InChI=1S/C14H19N5O.2ClH/c1-11(15)2-7-14(20)18-13-5-3-12(4-6-13)8-19-10-16-9-17-19;;/h3-6,9-11H,2,7-8,15H2,1H3,(H,18,20);2*1H. The molecule has 2 aromatic rings. The fraction of sp³-hybridized carbons (Fsp3) is 0.357. The molecule has 22 heavy (non-hydrogen) atoms. The molecule has 0 fully saturated rings. The Morgan fingerprint density at radius 1 is 1.32 bits per heavy atom. The number of nitrogens with zero attached hydrogens (tertiary/aromatic N) is 3. The van der Waals surface area contributed by atoms with Gasteiger partial charge >= 0.3 is 0 Å². The molecular formula is C14H21Cl2N5O. The number of nitrogens with one attached hydrogen (secondary N) is 1. The summed E-state index contributed by atoms with van der Waals surface area (Å²) in [5.41, 5.74) is 7.52. The number of rotatable bonds is 6. The van der Waals surface area contributed by atoms with Gasteiger partial charge in [0, 0.05) is 18.2 Å². The van der Waals surface area contributed by atoms with Crippen LogP contribution >= 0.6 is 24.8 Å². The zero-order valence-corrected chi connectivity index (χ0v) is 13.9. The second-order valence-corrected chi connectivity index (χ2v) is 4.85. The largest absolute Gasteiger partial charge is 0.328 e. The van der Waals surface area contributed by atoms with Crippen LogP contribution in [0.15, 0.2) is 36.9 Å². The number of aromatic nitrogens is 3. The maximum Gasteiger partial charge on any atom is 0.224 e. The summed E-state index contributed by atoms with van der Waals surface area (Å²) in [4.78, 5) is 15.6. The molecule has 1 heterocycles. The summed E-state index contributed by atoms with van der Waals surface area (Å²) in [5, 5.41) is 6.90. The number of benzene rings is 1. The van der Waals surface area contributed by atoms with Gasteiger partial charge in [-0.3, -0.25) is 4.79 Å². The Balaban J connectivity index is 0.00000220. The minimum absolute atomic E-state index is 0. The van der Waals surface area contributed by atoms with Gasteiger partial charge in [0.25, 0.3) is 0 Å². The SMILES string of the molecule is CC(N)CCC(=O)Nc1ccc(Cn2cncn2)cc1.Cl.Cl. The van der Waals surface area contributed by atoms with Crippen LogP contribution in [-0.2, 0) is 11.3 Å². The predicted molar refractivity (Wildman–Crippen MR) is 91.6 cm³/mol. The van der Waals surface area contributed by atoms with Crippen molar-refractivity contribution in [1.82, 2.24) is 14.8 Å². The Kier molecular flexibility index (Phi) is 9.40. The normalized spacial score (nSPS) is 11.0. The minimum Gasteiger partial charge on any atom is -0.328 e. The summed E-state index contributed by atoms with van der Waals surface area (Å²) in [6.45, 7) is 2.56. The fourth-order valence-corrected chi connectivity index (χ4v) is 1.78. The fourth-order valence-electron chi connectivity index (χ4n) is 1.78. The lowest BCUT2D eigenvalue weighted by atomic mass is 10.1. The highest BCUT2D eigenvalue weighted by Crippen LogP contribution is 2.11. The Bertz CT molecular complexity index is 543. The summed E-state index contributed by atoms with van der Waals surface area (Å²) in [6.07, 6.45) is 4.31. The molecule has 8 heteroatoms. The van der Waals surface area contributed by atoms with Crippen LogP contribution in [0.2, 0.25) is 0 Å². The van der Waals surface area contributed by atoms with Gasteiger partial charge in [-0.1, -0.05) is 12.1 Å². The third-order valence-electron chi connectivity index (χ3n) is 2.88. The summed E-state index contributed by atoms with van der Waals surface area (Å²) >= 11 is 0. The first-order valence-electron chi connectivity index (χ1n) is 6.60. The average molecular weight is 346 g/mol. The number of halogens is 2. The molecule has 1 atom stereocenters. The van der Waals surface area contributed by atoms with Gasteiger partial charge in [0.05, 0.1) is 6.54 Å². The summed E-state index contributed by atoms with van der Waals surface area (Å²) < 4.78 is 1.75. The number of hydrogen-bond acceptors (Lipinski definition) is 4. The van der Waals surface area contributed by atoms with E-state index < -0.39 is 0 Å². The van der Waals surface area contributed by atoms with E-state index in [-0.39, 0.29) is 36.8 Å². The van der Waals surface area contributed by atoms with Crippen molar-refractivity contribution in [3.05, 3.63) is 42.5 Å². The lowest BCUT2D eigenvalue weighted by Gasteiger charge is -2.08. The molecule has 0 spiro atoms. The molecule has 3 N–H and O–H groups in total. The second kappa shape index (κ2) is 10.2. The van der Waals surface area contributed by atoms with Crippen LogP contribution in [0.1, 0.15) is 25.3 Å². The van der Waals surface area contributed by atoms with Crippen LogP contribution in [0.5, 0.6) is 0 Å². The summed E-state index contributed by atoms with van der Waals surface area (Å²) in [6, 6.07) is 7.74. The maximum absolute atomic E-state index is 11.7. The van der Waals surface area contributed by atoms with E-state index in [2.05, 4.69) is 15.4 Å². The van der Waals surface area contributed by atoms with Gasteiger partial charge in [-0.2, -0.15) is 5.10 Å². The van der Waals surface area contributed by atoms with Gasteiger partial charge in [0.2, 0.25) is 5.91 Å². The van der Waals surface area contributed by atoms with Crippen LogP contribution in [0.25, 0.3) is 0 Å². The first-order chi connectivity index (χ1) is 9.63. The van der Waals surface area contributed by atoms with E-state index in [1.165, 1.54) is 6.33 Å². The highest BCUT2D eigenvalue weighted by atomic mass is 35.5. The van der Waals surface area contributed by atoms with Gasteiger partial charge < -0.3 is 11.1 Å². The molecule has 2 rings (SSSR count). The predicted octanol–water partition coefficient (Wildman–Crippen LogP) is 2.24. The van der Waals surface area contributed by atoms with Crippen molar-refractivity contribution in [1.29, 1.82) is 0 Å². The van der Waals surface area contributed by atoms with Gasteiger partial charge in [0.15, 0.2) is 0 Å². The van der Waals surface area contributed by atoms with Crippen LogP contribution < -0.4 is 11.1 Å². The Labute approximate surface area is 142 Å². The van der Waals surface area contributed by atoms with Gasteiger partial charge in [-0.25, -0.2) is 9.67 Å². The lowest BCUT2D eigenvalue weighted by Crippen LogP contribution is -2.19. The van der Waals surface area contributed by atoms with Crippen LogP contribution in [0.3, 0.4) is 0 Å². The molecule has 0 aliphatic carbocycles. The third kappa shape index (κ3) is 6.89. The number of amides is 1. The first-order valence-corrected chi connectivity index (χ1v) is 6.60. The third-order valence-corrected chi connectivity index (χ3v) is 2.88. The van der Waals surface area contributed by atoms with Crippen molar-refractivity contribution in [2.75, 3.05) is 5.32 Å². The minimum atomic E-state index is -0.00803.